The van der Waals surface area contributed by atoms with Crippen LogP contribution >= 0.6 is 0 Å². The quantitative estimate of drug-likeness (QED) is 0.848. The van der Waals surface area contributed by atoms with Gasteiger partial charge < -0.3 is 4.74 Å². The highest BCUT2D eigenvalue weighted by Crippen LogP contribution is 2.23. The minimum absolute atomic E-state index is 0.0456. The smallest absolute Gasteiger partial charge is 0.243 e. The van der Waals surface area contributed by atoms with E-state index in [1.807, 2.05) is 0 Å². The molecule has 0 aliphatic carbocycles. The molecule has 22 heavy (non-hydrogen) atoms. The van der Waals surface area contributed by atoms with Crippen LogP contribution in [0.4, 0.5) is 8.78 Å². The van der Waals surface area contributed by atoms with E-state index in [0.717, 1.165) is 10.4 Å². The van der Waals surface area contributed by atoms with E-state index in [1.54, 1.807) is 6.07 Å². The fraction of sp³-hybridized carbons (Fsp3) is 0.200. The molecule has 2 aromatic rings. The van der Waals surface area contributed by atoms with E-state index in [4.69, 9.17) is 4.74 Å². The van der Waals surface area contributed by atoms with Crippen LogP contribution in [0.15, 0.2) is 47.4 Å². The van der Waals surface area contributed by atoms with Crippen LogP contribution in [0, 0.1) is 11.6 Å². The molecule has 2 rings (SSSR count). The molecule has 0 saturated carbocycles. The lowest BCUT2D eigenvalue weighted by Crippen LogP contribution is -2.27. The molecule has 118 valence electrons. The summed E-state index contributed by atoms with van der Waals surface area (Å²) in [7, 11) is -1.33. The van der Waals surface area contributed by atoms with Crippen LogP contribution in [-0.2, 0) is 16.6 Å². The zero-order chi connectivity index (χ0) is 16.3. The van der Waals surface area contributed by atoms with Crippen LogP contribution in [0.3, 0.4) is 0 Å². The fourth-order valence-corrected chi connectivity index (χ4v) is 3.10. The maximum absolute atomic E-state index is 13.7. The summed E-state index contributed by atoms with van der Waals surface area (Å²) in [5.74, 6) is -1.32. The number of hydrogen-bond acceptors (Lipinski definition) is 3. The van der Waals surface area contributed by atoms with Crippen molar-refractivity contribution in [2.24, 2.45) is 0 Å². The van der Waals surface area contributed by atoms with Crippen LogP contribution in [0.1, 0.15) is 5.56 Å². The van der Waals surface area contributed by atoms with Crippen molar-refractivity contribution in [3.63, 3.8) is 0 Å². The van der Waals surface area contributed by atoms with Crippen molar-refractivity contribution in [3.05, 3.63) is 59.7 Å². The summed E-state index contributed by atoms with van der Waals surface area (Å²) >= 11 is 0. The molecule has 0 fully saturated rings. The molecule has 0 aliphatic heterocycles. The van der Waals surface area contributed by atoms with Gasteiger partial charge in [-0.2, -0.15) is 4.31 Å². The Labute approximate surface area is 128 Å². The summed E-state index contributed by atoms with van der Waals surface area (Å²) in [6, 6.07) is 9.25. The van der Waals surface area contributed by atoms with Crippen LogP contribution in [0.5, 0.6) is 5.75 Å². The summed E-state index contributed by atoms with van der Waals surface area (Å²) in [4.78, 5) is -0.218. The standard InChI is InChI=1S/C15H15F2NO3S/c1-18(10-11-5-3-4-6-13(11)16)22(19,20)12-7-8-15(21-2)14(17)9-12/h3-9H,10H2,1-2H3. The molecule has 0 heterocycles. The average molecular weight is 327 g/mol. The van der Waals surface area contributed by atoms with Crippen molar-refractivity contribution >= 4 is 10.0 Å². The van der Waals surface area contributed by atoms with Gasteiger partial charge in [-0.05, 0) is 24.3 Å². The second-order valence-electron chi connectivity index (χ2n) is 4.65. The highest BCUT2D eigenvalue weighted by Gasteiger charge is 2.23. The van der Waals surface area contributed by atoms with Crippen molar-refractivity contribution in [3.8, 4) is 5.75 Å². The van der Waals surface area contributed by atoms with Gasteiger partial charge >= 0.3 is 0 Å². The topological polar surface area (TPSA) is 46.6 Å². The zero-order valence-electron chi connectivity index (χ0n) is 12.1. The van der Waals surface area contributed by atoms with Gasteiger partial charge in [-0.3, -0.25) is 0 Å². The van der Waals surface area contributed by atoms with Gasteiger partial charge in [0, 0.05) is 19.2 Å². The number of hydrogen-bond donors (Lipinski definition) is 0. The molecule has 0 amide bonds. The summed E-state index contributed by atoms with van der Waals surface area (Å²) in [5, 5.41) is 0. The van der Waals surface area contributed by atoms with E-state index in [1.165, 1.54) is 44.5 Å². The molecule has 0 N–H and O–H groups in total. The third kappa shape index (κ3) is 3.26. The summed E-state index contributed by atoms with van der Waals surface area (Å²) in [6.45, 7) is -0.150. The predicted molar refractivity (Wildman–Crippen MR) is 78.0 cm³/mol. The monoisotopic (exact) mass is 327 g/mol. The van der Waals surface area contributed by atoms with Crippen LogP contribution in [0.25, 0.3) is 0 Å². The van der Waals surface area contributed by atoms with E-state index in [0.29, 0.717) is 0 Å². The highest BCUT2D eigenvalue weighted by atomic mass is 32.2. The Kier molecular flexibility index (Phi) is 4.77. The van der Waals surface area contributed by atoms with Gasteiger partial charge in [-0.25, -0.2) is 17.2 Å². The fourth-order valence-electron chi connectivity index (χ4n) is 1.94. The molecule has 0 aromatic heterocycles. The molecule has 0 radical (unpaired) electrons. The Balaban J connectivity index is 2.30. The lowest BCUT2D eigenvalue weighted by atomic mass is 10.2. The van der Waals surface area contributed by atoms with E-state index < -0.39 is 21.7 Å². The Morgan fingerprint density at radius 3 is 2.36 bits per heavy atom. The lowest BCUT2D eigenvalue weighted by Gasteiger charge is -2.18. The number of halogens is 2. The summed E-state index contributed by atoms with van der Waals surface area (Å²) < 4.78 is 57.8. The summed E-state index contributed by atoms with van der Waals surface area (Å²) in [6.07, 6.45) is 0. The number of benzene rings is 2. The van der Waals surface area contributed by atoms with Crippen molar-refractivity contribution in [1.29, 1.82) is 0 Å². The van der Waals surface area contributed by atoms with Gasteiger partial charge in [0.05, 0.1) is 12.0 Å². The van der Waals surface area contributed by atoms with Crippen LogP contribution in [-0.4, -0.2) is 26.9 Å². The second-order valence-corrected chi connectivity index (χ2v) is 6.69. The van der Waals surface area contributed by atoms with Gasteiger partial charge in [0.15, 0.2) is 11.6 Å². The van der Waals surface area contributed by atoms with E-state index in [9.17, 15) is 17.2 Å². The van der Waals surface area contributed by atoms with Gasteiger partial charge in [0.1, 0.15) is 5.82 Å². The first-order valence-corrected chi connectivity index (χ1v) is 7.83. The molecule has 0 saturated heterocycles. The number of nitrogens with zero attached hydrogens (tertiary/aromatic N) is 1. The first kappa shape index (κ1) is 16.4. The minimum atomic E-state index is -3.93. The lowest BCUT2D eigenvalue weighted by molar-refractivity contribution is 0.385. The van der Waals surface area contributed by atoms with Crippen molar-refractivity contribution < 1.29 is 21.9 Å². The predicted octanol–water partition coefficient (Wildman–Crippen LogP) is 2.79. The number of sulfonamides is 1. The van der Waals surface area contributed by atoms with Crippen LogP contribution in [0.2, 0.25) is 0 Å². The maximum Gasteiger partial charge on any atom is 0.243 e. The Bertz CT molecular complexity index is 778. The van der Waals surface area contributed by atoms with Crippen molar-refractivity contribution in [2.45, 2.75) is 11.4 Å². The van der Waals surface area contributed by atoms with Gasteiger partial charge in [-0.15, -0.1) is 0 Å². The molecule has 7 heteroatoms. The Morgan fingerprint density at radius 2 is 1.77 bits per heavy atom. The number of methoxy groups -OCH3 is 1. The molecule has 4 nitrogen and oxygen atoms in total. The molecule has 2 aromatic carbocycles. The van der Waals surface area contributed by atoms with Gasteiger partial charge in [0.2, 0.25) is 10.0 Å². The molecule has 0 spiro atoms. The van der Waals surface area contributed by atoms with Crippen molar-refractivity contribution in [2.75, 3.05) is 14.2 Å². The molecule has 0 bridgehead atoms. The van der Waals surface area contributed by atoms with E-state index in [2.05, 4.69) is 0 Å². The second kappa shape index (κ2) is 6.41. The normalized spacial score (nSPS) is 11.7. The summed E-state index contributed by atoms with van der Waals surface area (Å²) in [5.41, 5.74) is 0.238. The highest BCUT2D eigenvalue weighted by molar-refractivity contribution is 7.89. The molecule has 0 aliphatic rings. The molecule has 0 unspecified atom stereocenters. The number of rotatable bonds is 5. The zero-order valence-corrected chi connectivity index (χ0v) is 12.9. The van der Waals surface area contributed by atoms with Gasteiger partial charge in [0.25, 0.3) is 0 Å². The third-order valence-electron chi connectivity index (χ3n) is 3.18. The minimum Gasteiger partial charge on any atom is -0.494 e. The molecular weight excluding hydrogens is 312 g/mol. The molecule has 0 atom stereocenters. The van der Waals surface area contributed by atoms with E-state index in [-0.39, 0.29) is 22.8 Å². The maximum atomic E-state index is 13.7. The van der Waals surface area contributed by atoms with Gasteiger partial charge in [-0.1, -0.05) is 18.2 Å². The van der Waals surface area contributed by atoms with Crippen molar-refractivity contribution in [1.82, 2.24) is 4.31 Å². The average Bonchev–Trinajstić information content (AvgIpc) is 2.49. The SMILES string of the molecule is COc1ccc(S(=O)(=O)N(C)Cc2ccccc2F)cc1F. The largest absolute Gasteiger partial charge is 0.494 e. The first-order valence-electron chi connectivity index (χ1n) is 6.39. The first-order chi connectivity index (χ1) is 10.4. The molecular formula is C15H15F2NO3S. The Hall–Kier alpha value is -1.99. The number of ether oxygens (including phenoxy) is 1. The third-order valence-corrected chi connectivity index (χ3v) is 4.98. The Morgan fingerprint density at radius 1 is 1.09 bits per heavy atom. The van der Waals surface area contributed by atoms with Crippen LogP contribution < -0.4 is 4.74 Å². The van der Waals surface area contributed by atoms with E-state index >= 15 is 0 Å².